The summed E-state index contributed by atoms with van der Waals surface area (Å²) in [7, 11) is 0. The molecule has 2 amide bonds. The minimum Gasteiger partial charge on any atom is -0.465 e. The van der Waals surface area contributed by atoms with E-state index < -0.39 is 23.5 Å². The molecule has 0 saturated carbocycles. The molecule has 8 aromatic rings. The second-order valence-electron chi connectivity index (χ2n) is 18.9. The predicted molar refractivity (Wildman–Crippen MR) is 377 cm³/mol. The van der Waals surface area contributed by atoms with E-state index in [1.807, 2.05) is 121 Å². The van der Waals surface area contributed by atoms with Crippen LogP contribution in [0.1, 0.15) is 65.0 Å². The maximum absolute atomic E-state index is 12.9. The second kappa shape index (κ2) is 40.5. The Balaban J connectivity index is 0.000000258. The van der Waals surface area contributed by atoms with Gasteiger partial charge in [-0.3, -0.25) is 33.8 Å². The maximum atomic E-state index is 12.9. The number of nitrogens with zero attached hydrogens (tertiary/aromatic N) is 3. The van der Waals surface area contributed by atoms with Gasteiger partial charge in [-0.1, -0.05) is 218 Å². The van der Waals surface area contributed by atoms with Gasteiger partial charge in [-0.25, -0.2) is 4.36 Å². The third kappa shape index (κ3) is 27.3. The molecule has 0 spiro atoms. The summed E-state index contributed by atoms with van der Waals surface area (Å²) < 4.78 is 102. The van der Waals surface area contributed by atoms with Gasteiger partial charge in [0.25, 0.3) is 5.91 Å². The van der Waals surface area contributed by atoms with Gasteiger partial charge in [-0.15, -0.1) is 0 Å². The van der Waals surface area contributed by atoms with Gasteiger partial charge < -0.3 is 23.6 Å². The Bertz CT molecular complexity index is 3800. The van der Waals surface area contributed by atoms with Gasteiger partial charge in [0.05, 0.1) is 66.1 Å². The molecule has 2 aliphatic rings. The van der Waals surface area contributed by atoms with Crippen LogP contribution in [0.25, 0.3) is 28.7 Å². The van der Waals surface area contributed by atoms with Crippen LogP contribution in [0.5, 0.6) is 0 Å². The first-order valence-electron chi connectivity index (χ1n) is 28.1. The number of carbonyl (C=O) groups is 5. The highest BCUT2D eigenvalue weighted by Gasteiger charge is 2.34. The van der Waals surface area contributed by atoms with E-state index in [1.165, 1.54) is 82.1 Å². The number of ether oxygens (including phenoxy) is 2. The molecule has 13 nitrogen and oxygen atoms in total. The van der Waals surface area contributed by atoms with Crippen LogP contribution in [0, 0.1) is 0 Å². The van der Waals surface area contributed by atoms with Crippen LogP contribution in [0.15, 0.2) is 212 Å². The van der Waals surface area contributed by atoms with Crippen LogP contribution in [-0.2, 0) is 79.6 Å². The van der Waals surface area contributed by atoms with Crippen molar-refractivity contribution in [3.63, 3.8) is 0 Å². The van der Waals surface area contributed by atoms with Crippen LogP contribution < -0.4 is 5.32 Å². The summed E-state index contributed by atoms with van der Waals surface area (Å²) in [5.74, 6) is 1.28. The minimum absolute atomic E-state index is 0. The second-order valence-corrected chi connectivity index (χ2v) is 24.4. The van der Waals surface area contributed by atoms with Crippen LogP contribution >= 0.6 is 84.6 Å². The maximum Gasteiger partial charge on any atom is 1.00 e. The summed E-state index contributed by atoms with van der Waals surface area (Å²) in [5.41, 5.74) is 3.50. The molecular formula is C67H61F6N4O9S8+. The van der Waals surface area contributed by atoms with Crippen molar-refractivity contribution < 1.29 is 70.0 Å². The molecule has 0 aliphatic carbocycles. The number of carbonyl (C=O) groups excluding carboxylic acids is 5. The molecule has 492 valence electrons. The lowest BCUT2D eigenvalue weighted by molar-refractivity contribution is -0.140. The van der Waals surface area contributed by atoms with Crippen molar-refractivity contribution in [3.05, 3.63) is 244 Å². The van der Waals surface area contributed by atoms with E-state index in [2.05, 4.69) is 39.5 Å². The summed E-state index contributed by atoms with van der Waals surface area (Å²) in [5, 5.41) is 3.08. The van der Waals surface area contributed by atoms with Crippen LogP contribution in [0.4, 0.5) is 26.3 Å². The van der Waals surface area contributed by atoms with E-state index in [1.54, 1.807) is 37.0 Å². The average Bonchev–Trinajstić information content (AvgIpc) is 1.73. The number of hydrogen-bond donors (Lipinski definition) is 2. The molecule has 2 saturated heterocycles. The summed E-state index contributed by atoms with van der Waals surface area (Å²) in [6, 6.07) is 55.0. The number of amides is 2. The zero-order valence-corrected chi connectivity index (χ0v) is 56.7. The van der Waals surface area contributed by atoms with Crippen LogP contribution in [-0.4, -0.2) is 83.3 Å². The third-order valence-electron chi connectivity index (χ3n) is 12.1. The monoisotopic (exact) mass is 1440 g/mol. The van der Waals surface area contributed by atoms with E-state index in [0.717, 1.165) is 41.0 Å². The Morgan fingerprint density at radius 2 is 1.12 bits per heavy atom. The molecule has 1 N–H and O–H groups in total. The molecule has 2 fully saturated rings. The van der Waals surface area contributed by atoms with Gasteiger partial charge in [0.2, 0.25) is 5.91 Å². The van der Waals surface area contributed by atoms with Gasteiger partial charge in [-0.05, 0) is 84.6 Å². The van der Waals surface area contributed by atoms with Crippen molar-refractivity contribution in [2.75, 3.05) is 30.5 Å². The van der Waals surface area contributed by atoms with E-state index >= 15 is 0 Å². The number of alkyl halides is 6. The number of thioether (sulfide) groups is 3. The molecule has 2 aliphatic heterocycles. The molecule has 27 heteroatoms. The minimum atomic E-state index is -4.43. The lowest BCUT2D eigenvalue weighted by Crippen LogP contribution is -2.27. The molecule has 6 aromatic carbocycles. The molecule has 0 bridgehead atoms. The fourth-order valence-corrected chi connectivity index (χ4v) is 11.0. The summed E-state index contributed by atoms with van der Waals surface area (Å²) in [6.45, 7) is 6.70. The lowest BCUT2D eigenvalue weighted by Gasteiger charge is -2.14. The van der Waals surface area contributed by atoms with Gasteiger partial charge in [0, 0.05) is 36.2 Å². The number of rotatable bonds is 17. The smallest absolute Gasteiger partial charge is 0.465 e. The van der Waals surface area contributed by atoms with Crippen molar-refractivity contribution in [1.82, 2.24) is 15.1 Å². The van der Waals surface area contributed by atoms with E-state index in [0.29, 0.717) is 80.6 Å². The highest BCUT2D eigenvalue weighted by molar-refractivity contribution is 8.26. The van der Waals surface area contributed by atoms with Crippen molar-refractivity contribution in [2.24, 2.45) is 4.36 Å². The van der Waals surface area contributed by atoms with Crippen molar-refractivity contribution in [3.8, 4) is 22.6 Å². The largest absolute Gasteiger partial charge is 1.00 e. The number of furan rings is 2. The molecule has 4 heterocycles. The first-order valence-corrected chi connectivity index (χ1v) is 33.1. The standard InChI is InChI=1S/C22H14F3NO2S2.C12H7F3O2.C12H15NO2S2.C10H9NOS2.C7H7NS.C4H8O2S/c23-22(24,25)16-8-4-7-15(11-16)18-10-9-17(28-18)12-19-20(27)26(21(29)30-19)13-14-5-2-1-3-6-14;13-12(14,15)9-3-1-2-8(6-9)11-5-4-10(7-16)17-11;1-2-15-11(14)9-17-12(16)13-8-10-6-4-3-5-7-10;12-9-7-14-10(13)11(9)6-8-4-2-1-3-5-8;9-8-6-7-4-2-1-3-5-7;1-2-6-4(5)3-7/h1-12H,13H2;1-7H;3-7H,2,8-9H2,1H3,(H,13,16);1-5H,6-7H2;1-5H,6H2;7H,2-3H2,1H3/p+1/b19-12-;;;;;. The van der Waals surface area contributed by atoms with Crippen molar-refractivity contribution >= 4 is 146 Å². The Morgan fingerprint density at radius 1 is 0.649 bits per heavy atom. The average molecular weight is 1440 g/mol. The number of esters is 2. The Hall–Kier alpha value is -7.76. The van der Waals surface area contributed by atoms with Gasteiger partial charge in [-0.2, -0.15) is 39.0 Å². The molecular weight excluding hydrogens is 1380 g/mol. The van der Waals surface area contributed by atoms with Crippen molar-refractivity contribution in [1.29, 1.82) is 0 Å². The highest BCUT2D eigenvalue weighted by atomic mass is 32.2. The van der Waals surface area contributed by atoms with E-state index in [-0.39, 0.29) is 59.5 Å². The summed E-state index contributed by atoms with van der Waals surface area (Å²) in [4.78, 5) is 59.3. The number of thiocarbonyl (C=S) groups is 3. The number of halogens is 6. The van der Waals surface area contributed by atoms with Crippen LogP contribution in [0.2, 0.25) is 0 Å². The predicted octanol–water partition coefficient (Wildman–Crippen LogP) is 17.1. The summed E-state index contributed by atoms with van der Waals surface area (Å²) in [6.07, 6.45) is -6.77. The Labute approximate surface area is 580 Å². The molecule has 2 aromatic heterocycles. The van der Waals surface area contributed by atoms with Gasteiger partial charge in [0.1, 0.15) is 30.2 Å². The SMILES string of the molecule is CCOC(=O)CS.CCOC(=O)CSC(=S)NCc1ccccc1.O=C1/C(=C/c2ccc(-c3cccc(C(F)(F)F)c3)o2)SC(=S)N1Cc1ccccc1.O=C1CSC(=S)N1Cc1ccccc1.O=Cc1ccc(-c2cccc(C(F)(F)F)c2)o1.S=NCc1ccccc1.[H+]. The molecule has 10 rings (SSSR count). The number of nitrogens with one attached hydrogen (secondary N) is 1. The zero-order valence-electron chi connectivity index (χ0n) is 51.1. The van der Waals surface area contributed by atoms with E-state index in [4.69, 9.17) is 50.2 Å². The Kier molecular flexibility index (Phi) is 33.1. The Morgan fingerprint density at radius 3 is 1.55 bits per heavy atom. The molecule has 0 atom stereocenters. The first kappa shape index (κ1) is 76.9. The quantitative estimate of drug-likeness (QED) is 0.0221. The zero-order chi connectivity index (χ0) is 68.5. The number of benzene rings is 6. The van der Waals surface area contributed by atoms with E-state index in [9.17, 15) is 50.3 Å². The number of aldehydes is 1. The highest BCUT2D eigenvalue weighted by Crippen LogP contribution is 2.37. The van der Waals surface area contributed by atoms with Gasteiger partial charge >= 0.3 is 25.7 Å². The lowest BCUT2D eigenvalue weighted by atomic mass is 10.1. The topological polar surface area (TPSA) is 161 Å². The third-order valence-corrected chi connectivity index (χ3v) is 16.6. The molecule has 94 heavy (non-hydrogen) atoms. The number of thiol groups is 1. The van der Waals surface area contributed by atoms with Crippen LogP contribution in [0.3, 0.4) is 0 Å². The fraction of sp³-hybridized carbons (Fsp3) is 0.194. The first-order chi connectivity index (χ1) is 45.0. The number of hydrogen-bond acceptors (Lipinski definition) is 18. The molecule has 0 radical (unpaired) electrons. The molecule has 0 unspecified atom stereocenters. The fourth-order valence-electron chi connectivity index (χ4n) is 7.70. The normalized spacial score (nSPS) is 12.8. The summed E-state index contributed by atoms with van der Waals surface area (Å²) >= 11 is 27.5. The van der Waals surface area contributed by atoms with Crippen molar-refractivity contribution in [2.45, 2.75) is 52.4 Å². The van der Waals surface area contributed by atoms with Gasteiger partial charge in [0.15, 0.2) is 12.0 Å².